The van der Waals surface area contributed by atoms with Crippen molar-refractivity contribution < 1.29 is 27.4 Å². The molecule has 0 saturated carbocycles. The van der Waals surface area contributed by atoms with Gasteiger partial charge in [-0.2, -0.15) is 0 Å². The lowest BCUT2D eigenvalue weighted by Gasteiger charge is -2.38. The Morgan fingerprint density at radius 2 is 2.10 bits per heavy atom. The molecule has 1 N–H and O–H groups in total. The molecule has 3 atom stereocenters. The first kappa shape index (κ1) is 21.1. The van der Waals surface area contributed by atoms with Gasteiger partial charge in [0.2, 0.25) is 5.91 Å². The number of halogens is 3. The second kappa shape index (κ2) is 8.40. The van der Waals surface area contributed by atoms with Crippen LogP contribution in [0.4, 0.5) is 19.0 Å². The number of alkyl halides is 3. The van der Waals surface area contributed by atoms with E-state index in [4.69, 9.17) is 4.74 Å². The fourth-order valence-electron chi connectivity index (χ4n) is 3.54. The molecule has 158 valence electrons. The van der Waals surface area contributed by atoms with E-state index in [1.54, 1.807) is 14.0 Å². The fourth-order valence-corrected chi connectivity index (χ4v) is 3.54. The molecule has 0 spiro atoms. The van der Waals surface area contributed by atoms with Crippen molar-refractivity contribution in [1.29, 1.82) is 0 Å². The van der Waals surface area contributed by atoms with E-state index in [1.165, 1.54) is 24.5 Å². The van der Waals surface area contributed by atoms with Gasteiger partial charge in [-0.25, -0.2) is 9.97 Å². The lowest BCUT2D eigenvalue weighted by Crippen LogP contribution is -2.51. The zero-order chi connectivity index (χ0) is 21.2. The number of hydrogen-bond acceptors (Lipinski definition) is 6. The Balaban J connectivity index is 1.74. The van der Waals surface area contributed by atoms with Gasteiger partial charge in [0.05, 0.1) is 11.6 Å². The van der Waals surface area contributed by atoms with E-state index in [-0.39, 0.29) is 29.3 Å². The molecule has 29 heavy (non-hydrogen) atoms. The molecule has 10 heteroatoms. The van der Waals surface area contributed by atoms with Crippen LogP contribution >= 0.6 is 0 Å². The lowest BCUT2D eigenvalue weighted by molar-refractivity contribution is -0.274. The third-order valence-electron chi connectivity index (χ3n) is 5.01. The molecule has 2 heterocycles. The zero-order valence-electron chi connectivity index (χ0n) is 16.4. The summed E-state index contributed by atoms with van der Waals surface area (Å²) >= 11 is 0. The number of aromatic nitrogens is 2. The van der Waals surface area contributed by atoms with Gasteiger partial charge >= 0.3 is 6.36 Å². The first-order chi connectivity index (χ1) is 13.7. The molecule has 1 aliphatic rings. The molecule has 1 aliphatic heterocycles. The van der Waals surface area contributed by atoms with Crippen molar-refractivity contribution in [2.75, 3.05) is 19.0 Å². The van der Waals surface area contributed by atoms with Gasteiger partial charge in [0, 0.05) is 31.1 Å². The Hall–Kier alpha value is -2.62. The summed E-state index contributed by atoms with van der Waals surface area (Å²) in [6.45, 7) is 4.32. The number of piperidine rings is 1. The highest BCUT2D eigenvalue weighted by atomic mass is 19.4. The van der Waals surface area contributed by atoms with Gasteiger partial charge in [-0.15, -0.1) is 13.2 Å². The molecule has 1 amide bonds. The Labute approximate surface area is 166 Å². The van der Waals surface area contributed by atoms with E-state index in [1.807, 2.05) is 11.8 Å². The predicted molar refractivity (Wildman–Crippen MR) is 101 cm³/mol. The van der Waals surface area contributed by atoms with Gasteiger partial charge in [0.25, 0.3) is 0 Å². The summed E-state index contributed by atoms with van der Waals surface area (Å²) in [5.41, 5.74) is 0.276. The summed E-state index contributed by atoms with van der Waals surface area (Å²) in [4.78, 5) is 22.8. The van der Waals surface area contributed by atoms with Gasteiger partial charge < -0.3 is 19.7 Å². The number of nitrogens with zero attached hydrogens (tertiary/aromatic N) is 3. The van der Waals surface area contributed by atoms with Crippen molar-refractivity contribution in [2.24, 2.45) is 0 Å². The molecule has 0 radical (unpaired) electrons. The SMILES string of the molecule is CO[C@@H]1CCN(C(=O)[C@@H](C)Nc2ncnc3cc(OC(F)(F)F)ccc23)[C@@H](C)C1. The molecule has 0 bridgehead atoms. The molecule has 0 aliphatic carbocycles. The van der Waals surface area contributed by atoms with Crippen LogP contribution in [0, 0.1) is 0 Å². The number of methoxy groups -OCH3 is 1. The minimum absolute atomic E-state index is 0.0506. The molecule has 1 saturated heterocycles. The van der Waals surface area contributed by atoms with Crippen LogP contribution in [0.1, 0.15) is 26.7 Å². The number of benzene rings is 1. The first-order valence-electron chi connectivity index (χ1n) is 9.28. The average molecular weight is 412 g/mol. The van der Waals surface area contributed by atoms with Crippen LogP contribution in [-0.2, 0) is 9.53 Å². The predicted octanol–water partition coefficient (Wildman–Crippen LogP) is 3.35. The zero-order valence-corrected chi connectivity index (χ0v) is 16.4. The van der Waals surface area contributed by atoms with Crippen LogP contribution in [0.3, 0.4) is 0 Å². The molecule has 1 aromatic heterocycles. The maximum atomic E-state index is 12.9. The number of amides is 1. The third kappa shape index (κ3) is 5.06. The number of rotatable bonds is 5. The number of carbonyl (C=O) groups is 1. The second-order valence-corrected chi connectivity index (χ2v) is 7.08. The van der Waals surface area contributed by atoms with E-state index < -0.39 is 12.4 Å². The Bertz CT molecular complexity index is 877. The molecule has 2 aromatic rings. The number of hydrogen-bond donors (Lipinski definition) is 1. The highest BCUT2D eigenvalue weighted by molar-refractivity contribution is 5.92. The molecule has 7 nitrogen and oxygen atoms in total. The summed E-state index contributed by atoms with van der Waals surface area (Å²) in [6, 6.07) is 3.28. The molecule has 0 unspecified atom stereocenters. The molecular weight excluding hydrogens is 389 g/mol. The van der Waals surface area contributed by atoms with E-state index in [9.17, 15) is 18.0 Å². The monoisotopic (exact) mass is 412 g/mol. The normalized spacial score (nSPS) is 21.1. The summed E-state index contributed by atoms with van der Waals surface area (Å²) in [5.74, 6) is -0.0710. The van der Waals surface area contributed by atoms with Crippen molar-refractivity contribution in [3.63, 3.8) is 0 Å². The number of nitrogens with one attached hydrogen (secondary N) is 1. The van der Waals surface area contributed by atoms with Crippen molar-refractivity contribution in [3.8, 4) is 5.75 Å². The van der Waals surface area contributed by atoms with Crippen molar-refractivity contribution >= 4 is 22.6 Å². The van der Waals surface area contributed by atoms with Gasteiger partial charge in [-0.3, -0.25) is 4.79 Å². The maximum Gasteiger partial charge on any atom is 0.573 e. The Morgan fingerprint density at radius 3 is 2.76 bits per heavy atom. The van der Waals surface area contributed by atoms with E-state index in [0.717, 1.165) is 12.8 Å². The molecular formula is C19H23F3N4O3. The fraction of sp³-hybridized carbons (Fsp3) is 0.526. The minimum atomic E-state index is -4.78. The van der Waals surface area contributed by atoms with Crippen LogP contribution in [0.25, 0.3) is 10.9 Å². The van der Waals surface area contributed by atoms with E-state index in [2.05, 4.69) is 20.0 Å². The third-order valence-corrected chi connectivity index (χ3v) is 5.01. The van der Waals surface area contributed by atoms with Crippen LogP contribution < -0.4 is 10.1 Å². The van der Waals surface area contributed by atoms with Crippen molar-refractivity contribution in [1.82, 2.24) is 14.9 Å². The summed E-state index contributed by atoms with van der Waals surface area (Å²) in [5, 5.41) is 3.55. The van der Waals surface area contributed by atoms with Gasteiger partial charge in [0.1, 0.15) is 23.9 Å². The summed E-state index contributed by atoms with van der Waals surface area (Å²) in [7, 11) is 1.67. The van der Waals surface area contributed by atoms with Crippen LogP contribution in [0.15, 0.2) is 24.5 Å². The summed E-state index contributed by atoms with van der Waals surface area (Å²) < 4.78 is 46.6. The van der Waals surface area contributed by atoms with Crippen LogP contribution in [0.5, 0.6) is 5.75 Å². The minimum Gasteiger partial charge on any atom is -0.406 e. The van der Waals surface area contributed by atoms with Gasteiger partial charge in [-0.1, -0.05) is 0 Å². The van der Waals surface area contributed by atoms with E-state index >= 15 is 0 Å². The quantitative estimate of drug-likeness (QED) is 0.812. The lowest BCUT2D eigenvalue weighted by atomic mass is 9.99. The van der Waals surface area contributed by atoms with Gasteiger partial charge in [-0.05, 0) is 38.8 Å². The smallest absolute Gasteiger partial charge is 0.406 e. The first-order valence-corrected chi connectivity index (χ1v) is 9.28. The molecule has 1 aromatic carbocycles. The standard InChI is InChI=1S/C19H23F3N4O3/c1-11-8-13(28-3)6-7-26(11)18(27)12(2)25-17-15-5-4-14(29-19(20,21)22)9-16(15)23-10-24-17/h4-5,9-13H,6-8H2,1-3H3,(H,23,24,25)/t11-,12+,13+/m0/s1. The van der Waals surface area contributed by atoms with Crippen LogP contribution in [-0.4, -0.2) is 59.0 Å². The number of carbonyl (C=O) groups excluding carboxylic acids is 1. The highest BCUT2D eigenvalue weighted by Crippen LogP contribution is 2.28. The van der Waals surface area contributed by atoms with Crippen molar-refractivity contribution in [3.05, 3.63) is 24.5 Å². The second-order valence-electron chi connectivity index (χ2n) is 7.08. The maximum absolute atomic E-state index is 12.9. The topological polar surface area (TPSA) is 76.6 Å². The number of ether oxygens (including phenoxy) is 2. The average Bonchev–Trinajstić information content (AvgIpc) is 2.66. The van der Waals surface area contributed by atoms with Crippen molar-refractivity contribution in [2.45, 2.75) is 51.2 Å². The number of anilines is 1. The van der Waals surface area contributed by atoms with Crippen LogP contribution in [0.2, 0.25) is 0 Å². The highest BCUT2D eigenvalue weighted by Gasteiger charge is 2.32. The Morgan fingerprint density at radius 1 is 1.34 bits per heavy atom. The number of fused-ring (bicyclic) bond motifs is 1. The largest absolute Gasteiger partial charge is 0.573 e. The Kier molecular flexibility index (Phi) is 6.11. The summed E-state index contributed by atoms with van der Waals surface area (Å²) in [6.07, 6.45) is -1.86. The van der Waals surface area contributed by atoms with E-state index in [0.29, 0.717) is 17.7 Å². The van der Waals surface area contributed by atoms with Gasteiger partial charge in [0.15, 0.2) is 0 Å². The number of likely N-dealkylation sites (tertiary alicyclic amines) is 1. The molecule has 1 fully saturated rings. The molecule has 3 rings (SSSR count).